The number of halogens is 1. The number of pyridine rings is 1. The minimum absolute atomic E-state index is 0.289. The number of carbonyl (C=O) groups excluding carboxylic acids is 1. The summed E-state index contributed by atoms with van der Waals surface area (Å²) in [5.41, 5.74) is 3.21. The van der Waals surface area contributed by atoms with Gasteiger partial charge in [0, 0.05) is 16.3 Å². The van der Waals surface area contributed by atoms with E-state index in [4.69, 9.17) is 21.1 Å². The minimum atomic E-state index is -0.289. The van der Waals surface area contributed by atoms with Crippen LogP contribution < -0.4 is 20.1 Å². The molecule has 6 nitrogen and oxygen atoms in total. The van der Waals surface area contributed by atoms with Crippen molar-refractivity contribution in [3.8, 4) is 11.5 Å². The Kier molecular flexibility index (Phi) is 6.01. The van der Waals surface area contributed by atoms with Crippen molar-refractivity contribution in [1.82, 2.24) is 4.98 Å². The fourth-order valence-corrected chi connectivity index (χ4v) is 2.86. The Morgan fingerprint density at radius 3 is 2.43 bits per heavy atom. The molecule has 7 heteroatoms. The van der Waals surface area contributed by atoms with Crippen LogP contribution in [0.3, 0.4) is 0 Å². The number of nitrogens with one attached hydrogen (secondary N) is 2. The van der Waals surface area contributed by atoms with Gasteiger partial charge in [0.05, 0.1) is 26.1 Å². The van der Waals surface area contributed by atoms with Gasteiger partial charge >= 0.3 is 0 Å². The number of hydrogen-bond acceptors (Lipinski definition) is 5. The van der Waals surface area contributed by atoms with E-state index in [0.717, 1.165) is 16.9 Å². The topological polar surface area (TPSA) is 72.5 Å². The van der Waals surface area contributed by atoms with Gasteiger partial charge in [-0.25, -0.2) is 4.98 Å². The summed E-state index contributed by atoms with van der Waals surface area (Å²) < 4.78 is 10.4. The van der Waals surface area contributed by atoms with Gasteiger partial charge in [0.15, 0.2) is 11.5 Å². The van der Waals surface area contributed by atoms with Crippen LogP contribution in [0.25, 0.3) is 0 Å². The zero-order chi connectivity index (χ0) is 20.1. The molecular weight excluding hydrogens is 378 g/mol. The van der Waals surface area contributed by atoms with Gasteiger partial charge in [0.1, 0.15) is 5.82 Å². The van der Waals surface area contributed by atoms with Crippen molar-refractivity contribution >= 4 is 34.7 Å². The maximum absolute atomic E-state index is 12.5. The van der Waals surface area contributed by atoms with Crippen LogP contribution in [0.4, 0.5) is 17.2 Å². The first kappa shape index (κ1) is 19.5. The Balaban J connectivity index is 1.69. The van der Waals surface area contributed by atoms with Crippen molar-refractivity contribution in [2.24, 2.45) is 0 Å². The normalized spacial score (nSPS) is 10.3. The number of benzene rings is 2. The Labute approximate surface area is 168 Å². The minimum Gasteiger partial charge on any atom is -0.493 e. The molecule has 1 heterocycles. The van der Waals surface area contributed by atoms with E-state index in [-0.39, 0.29) is 5.91 Å². The summed E-state index contributed by atoms with van der Waals surface area (Å²) in [6.07, 6.45) is 1.65. The lowest BCUT2D eigenvalue weighted by Crippen LogP contribution is -2.13. The van der Waals surface area contributed by atoms with Gasteiger partial charge in [-0.05, 0) is 61.0 Å². The SMILES string of the molecule is COc1ccc(C(=O)Nc2ccc(Nc3ccc(Cl)cc3C)cn2)cc1OC. The van der Waals surface area contributed by atoms with Gasteiger partial charge in [-0.15, -0.1) is 0 Å². The van der Waals surface area contributed by atoms with Crippen LogP contribution in [0.1, 0.15) is 15.9 Å². The van der Waals surface area contributed by atoms with Crippen LogP contribution in [-0.4, -0.2) is 25.1 Å². The lowest BCUT2D eigenvalue weighted by Gasteiger charge is -2.11. The van der Waals surface area contributed by atoms with Gasteiger partial charge < -0.3 is 20.1 Å². The highest BCUT2D eigenvalue weighted by Crippen LogP contribution is 2.28. The van der Waals surface area contributed by atoms with Crippen molar-refractivity contribution in [2.45, 2.75) is 6.92 Å². The molecule has 2 aromatic carbocycles. The van der Waals surface area contributed by atoms with Crippen molar-refractivity contribution in [3.05, 3.63) is 70.9 Å². The smallest absolute Gasteiger partial charge is 0.256 e. The fraction of sp³-hybridized carbons (Fsp3) is 0.143. The number of rotatable bonds is 6. The summed E-state index contributed by atoms with van der Waals surface area (Å²) in [4.78, 5) is 16.7. The van der Waals surface area contributed by atoms with E-state index >= 15 is 0 Å². The fourth-order valence-electron chi connectivity index (χ4n) is 2.63. The molecule has 0 spiro atoms. The maximum Gasteiger partial charge on any atom is 0.256 e. The highest BCUT2D eigenvalue weighted by molar-refractivity contribution is 6.30. The molecule has 1 amide bonds. The number of carbonyl (C=O) groups is 1. The summed E-state index contributed by atoms with van der Waals surface area (Å²) in [7, 11) is 3.07. The molecule has 0 saturated heterocycles. The number of ether oxygens (including phenoxy) is 2. The molecule has 1 aromatic heterocycles. The molecule has 2 N–H and O–H groups in total. The van der Waals surface area contributed by atoms with Crippen LogP contribution in [-0.2, 0) is 0 Å². The van der Waals surface area contributed by atoms with Crippen LogP contribution in [0, 0.1) is 6.92 Å². The van der Waals surface area contributed by atoms with E-state index < -0.39 is 0 Å². The number of aromatic nitrogens is 1. The van der Waals surface area contributed by atoms with E-state index in [1.807, 2.05) is 31.2 Å². The lowest BCUT2D eigenvalue weighted by atomic mass is 10.2. The van der Waals surface area contributed by atoms with Crippen molar-refractivity contribution in [2.75, 3.05) is 24.9 Å². The quantitative estimate of drug-likeness (QED) is 0.608. The molecule has 0 aliphatic carbocycles. The van der Waals surface area contributed by atoms with Crippen LogP contribution in [0.15, 0.2) is 54.7 Å². The summed E-state index contributed by atoms with van der Waals surface area (Å²) in [5.74, 6) is 1.20. The third kappa shape index (κ3) is 4.53. The van der Waals surface area contributed by atoms with Crippen LogP contribution in [0.2, 0.25) is 5.02 Å². The molecule has 144 valence electrons. The largest absolute Gasteiger partial charge is 0.493 e. The van der Waals surface area contributed by atoms with E-state index in [1.54, 1.807) is 37.6 Å². The van der Waals surface area contributed by atoms with Gasteiger partial charge in [-0.1, -0.05) is 11.6 Å². The van der Waals surface area contributed by atoms with Crippen molar-refractivity contribution < 1.29 is 14.3 Å². The average Bonchev–Trinajstić information content (AvgIpc) is 2.70. The Bertz CT molecular complexity index is 991. The highest BCUT2D eigenvalue weighted by Gasteiger charge is 2.11. The summed E-state index contributed by atoms with van der Waals surface area (Å²) in [6, 6.07) is 14.1. The first-order chi connectivity index (χ1) is 13.5. The second kappa shape index (κ2) is 8.63. The molecule has 0 atom stereocenters. The molecule has 0 aliphatic rings. The summed E-state index contributed by atoms with van der Waals surface area (Å²) in [6.45, 7) is 1.97. The number of hydrogen-bond donors (Lipinski definition) is 2. The molecule has 3 rings (SSSR count). The first-order valence-corrected chi connectivity index (χ1v) is 8.90. The zero-order valence-corrected chi connectivity index (χ0v) is 16.5. The standard InChI is InChI=1S/C21H20ClN3O3/c1-13-10-15(22)5-7-17(13)24-16-6-9-20(23-12-16)25-21(26)14-4-8-18(27-2)19(11-14)28-3/h4-12,24H,1-3H3,(H,23,25,26). The number of anilines is 3. The zero-order valence-electron chi connectivity index (χ0n) is 15.7. The third-order valence-electron chi connectivity index (χ3n) is 4.12. The number of methoxy groups -OCH3 is 2. The van der Waals surface area contributed by atoms with Crippen LogP contribution in [0.5, 0.6) is 11.5 Å². The molecule has 28 heavy (non-hydrogen) atoms. The number of amides is 1. The molecule has 0 aliphatic heterocycles. The Hall–Kier alpha value is -3.25. The molecule has 0 fully saturated rings. The number of aryl methyl sites for hydroxylation is 1. The first-order valence-electron chi connectivity index (χ1n) is 8.53. The highest BCUT2D eigenvalue weighted by atomic mass is 35.5. The van der Waals surface area contributed by atoms with E-state index in [1.165, 1.54) is 7.11 Å². The predicted octanol–water partition coefficient (Wildman–Crippen LogP) is 5.06. The van der Waals surface area contributed by atoms with E-state index in [0.29, 0.717) is 27.9 Å². The summed E-state index contributed by atoms with van der Waals surface area (Å²) >= 11 is 5.98. The van der Waals surface area contributed by atoms with Crippen LogP contribution >= 0.6 is 11.6 Å². The van der Waals surface area contributed by atoms with Gasteiger partial charge in [0.2, 0.25) is 0 Å². The average molecular weight is 398 g/mol. The van der Waals surface area contributed by atoms with Gasteiger partial charge in [0.25, 0.3) is 5.91 Å². The van der Waals surface area contributed by atoms with E-state index in [9.17, 15) is 4.79 Å². The monoisotopic (exact) mass is 397 g/mol. The predicted molar refractivity (Wildman–Crippen MR) is 111 cm³/mol. The second-order valence-corrected chi connectivity index (χ2v) is 6.48. The second-order valence-electron chi connectivity index (χ2n) is 6.04. The Morgan fingerprint density at radius 2 is 1.79 bits per heavy atom. The lowest BCUT2D eigenvalue weighted by molar-refractivity contribution is 0.102. The van der Waals surface area contributed by atoms with Crippen molar-refractivity contribution in [1.29, 1.82) is 0 Å². The van der Waals surface area contributed by atoms with Gasteiger partial charge in [-0.3, -0.25) is 4.79 Å². The molecule has 0 saturated carbocycles. The molecular formula is C21H20ClN3O3. The Morgan fingerprint density at radius 1 is 1.00 bits per heavy atom. The molecule has 0 bridgehead atoms. The van der Waals surface area contributed by atoms with Gasteiger partial charge in [-0.2, -0.15) is 0 Å². The third-order valence-corrected chi connectivity index (χ3v) is 4.35. The summed E-state index contributed by atoms with van der Waals surface area (Å²) in [5, 5.41) is 6.73. The van der Waals surface area contributed by atoms with Crippen molar-refractivity contribution in [3.63, 3.8) is 0 Å². The number of nitrogens with zero attached hydrogens (tertiary/aromatic N) is 1. The maximum atomic E-state index is 12.5. The molecule has 0 radical (unpaired) electrons. The molecule has 0 unspecified atom stereocenters. The van der Waals surface area contributed by atoms with E-state index in [2.05, 4.69) is 15.6 Å². The molecule has 3 aromatic rings.